The third-order valence-corrected chi connectivity index (χ3v) is 6.71. The van der Waals surface area contributed by atoms with E-state index in [4.69, 9.17) is 0 Å². The van der Waals surface area contributed by atoms with E-state index in [1.165, 1.54) is 16.0 Å². The molecular formula is C23H26N2OS. The first-order valence-electron chi connectivity index (χ1n) is 9.84. The number of benzene rings is 2. The molecule has 1 fully saturated rings. The van der Waals surface area contributed by atoms with Gasteiger partial charge in [-0.3, -0.25) is 9.17 Å². The maximum Gasteiger partial charge on any atom is 0.261 e. The summed E-state index contributed by atoms with van der Waals surface area (Å²) in [5.74, 6) is 0.838. The zero-order valence-corrected chi connectivity index (χ0v) is 16.3. The van der Waals surface area contributed by atoms with Crippen LogP contribution < -0.4 is 10.9 Å². The van der Waals surface area contributed by atoms with Crippen molar-refractivity contribution in [3.63, 3.8) is 0 Å². The number of rotatable bonds is 6. The third-order valence-electron chi connectivity index (χ3n) is 5.62. The van der Waals surface area contributed by atoms with E-state index in [1.54, 1.807) is 11.5 Å². The molecule has 3 nitrogen and oxygen atoms in total. The highest BCUT2D eigenvalue weighted by Gasteiger charge is 2.23. The summed E-state index contributed by atoms with van der Waals surface area (Å²) in [6, 6.07) is 21.3. The molecule has 140 valence electrons. The molecular weight excluding hydrogens is 352 g/mol. The molecule has 0 bridgehead atoms. The van der Waals surface area contributed by atoms with Crippen LogP contribution in [-0.2, 0) is 6.42 Å². The molecule has 1 aromatic heterocycles. The lowest BCUT2D eigenvalue weighted by atomic mass is 9.85. The highest BCUT2D eigenvalue weighted by atomic mass is 32.1. The quantitative estimate of drug-likeness (QED) is 0.655. The van der Waals surface area contributed by atoms with E-state index < -0.39 is 0 Å². The normalized spacial score (nSPS) is 15.3. The van der Waals surface area contributed by atoms with Gasteiger partial charge in [0.2, 0.25) is 0 Å². The predicted molar refractivity (Wildman–Crippen MR) is 113 cm³/mol. The first kappa shape index (κ1) is 18.2. The van der Waals surface area contributed by atoms with Gasteiger partial charge >= 0.3 is 0 Å². The van der Waals surface area contributed by atoms with Crippen molar-refractivity contribution in [2.45, 2.75) is 37.5 Å². The van der Waals surface area contributed by atoms with Gasteiger partial charge in [0.15, 0.2) is 0 Å². The second-order valence-electron chi connectivity index (χ2n) is 7.31. The molecule has 0 unspecified atom stereocenters. The minimum atomic E-state index is 0.119. The van der Waals surface area contributed by atoms with Crippen molar-refractivity contribution in [1.29, 1.82) is 0 Å². The lowest BCUT2D eigenvalue weighted by Crippen LogP contribution is -2.27. The molecule has 0 amide bonds. The molecule has 1 saturated heterocycles. The van der Waals surface area contributed by atoms with E-state index in [0.29, 0.717) is 11.8 Å². The Bertz CT molecular complexity index is 855. The lowest BCUT2D eigenvalue weighted by molar-refractivity contribution is 0.462. The number of H-pyrrole nitrogens is 1. The number of piperidine rings is 1. The fourth-order valence-electron chi connectivity index (χ4n) is 4.17. The summed E-state index contributed by atoms with van der Waals surface area (Å²) in [4.78, 5) is 13.8. The fraction of sp³-hybridized carbons (Fsp3) is 0.348. The molecule has 0 spiro atoms. The molecule has 0 aliphatic carbocycles. The second kappa shape index (κ2) is 8.68. The lowest BCUT2D eigenvalue weighted by Gasteiger charge is -2.23. The zero-order valence-electron chi connectivity index (χ0n) is 15.5. The first-order valence-corrected chi connectivity index (χ1v) is 10.7. The van der Waals surface area contributed by atoms with Crippen LogP contribution in [0.5, 0.6) is 0 Å². The van der Waals surface area contributed by atoms with Crippen molar-refractivity contribution in [1.82, 2.24) is 9.69 Å². The number of aromatic amines is 1. The molecule has 27 heavy (non-hydrogen) atoms. The van der Waals surface area contributed by atoms with Crippen molar-refractivity contribution in [3.8, 4) is 0 Å². The van der Waals surface area contributed by atoms with Crippen LogP contribution in [-0.4, -0.2) is 17.5 Å². The summed E-state index contributed by atoms with van der Waals surface area (Å²) in [5, 5.41) is 3.42. The molecule has 0 atom stereocenters. The van der Waals surface area contributed by atoms with Gasteiger partial charge in [-0.1, -0.05) is 72.2 Å². The van der Waals surface area contributed by atoms with Gasteiger partial charge in [0.25, 0.3) is 5.56 Å². The maximum absolute atomic E-state index is 12.5. The number of hydrogen-bond donors (Lipinski definition) is 2. The van der Waals surface area contributed by atoms with Crippen LogP contribution in [0, 0.1) is 0 Å². The maximum atomic E-state index is 12.5. The molecule has 2 aromatic carbocycles. The summed E-state index contributed by atoms with van der Waals surface area (Å²) in [7, 11) is 0. The average molecular weight is 379 g/mol. The van der Waals surface area contributed by atoms with Crippen molar-refractivity contribution < 1.29 is 0 Å². The SMILES string of the molecule is O=c1[nH]sc(C2CCNCC2)c1CCC(c1ccccc1)c1ccccc1. The van der Waals surface area contributed by atoms with Crippen LogP contribution in [0.3, 0.4) is 0 Å². The van der Waals surface area contributed by atoms with Crippen molar-refractivity contribution in [2.24, 2.45) is 0 Å². The fourth-order valence-corrected chi connectivity index (χ4v) is 5.22. The number of aromatic nitrogens is 1. The molecule has 2 N–H and O–H groups in total. The Morgan fingerprint density at radius 1 is 0.926 bits per heavy atom. The van der Waals surface area contributed by atoms with Crippen LogP contribution in [0.25, 0.3) is 0 Å². The smallest absolute Gasteiger partial charge is 0.261 e. The molecule has 1 aliphatic rings. The van der Waals surface area contributed by atoms with Crippen LogP contribution in [0.1, 0.15) is 52.7 Å². The Hall–Kier alpha value is -2.17. The topological polar surface area (TPSA) is 44.9 Å². The van der Waals surface area contributed by atoms with Gasteiger partial charge < -0.3 is 5.32 Å². The Labute approximate surface area is 164 Å². The van der Waals surface area contributed by atoms with Crippen molar-refractivity contribution in [2.75, 3.05) is 13.1 Å². The van der Waals surface area contributed by atoms with Gasteiger partial charge in [0.05, 0.1) is 0 Å². The zero-order chi connectivity index (χ0) is 18.5. The van der Waals surface area contributed by atoms with Crippen LogP contribution in [0.15, 0.2) is 65.5 Å². The van der Waals surface area contributed by atoms with Crippen LogP contribution in [0.4, 0.5) is 0 Å². The van der Waals surface area contributed by atoms with E-state index in [0.717, 1.165) is 44.3 Å². The summed E-state index contributed by atoms with van der Waals surface area (Å²) < 4.78 is 3.00. The van der Waals surface area contributed by atoms with Gasteiger partial charge in [-0.05, 0) is 55.8 Å². The molecule has 0 saturated carbocycles. The monoisotopic (exact) mass is 378 g/mol. The van der Waals surface area contributed by atoms with Gasteiger partial charge in [0, 0.05) is 16.4 Å². The highest BCUT2D eigenvalue weighted by molar-refractivity contribution is 7.06. The van der Waals surface area contributed by atoms with Crippen LogP contribution >= 0.6 is 11.5 Å². The van der Waals surface area contributed by atoms with E-state index in [2.05, 4.69) is 70.4 Å². The second-order valence-corrected chi connectivity index (χ2v) is 8.16. The van der Waals surface area contributed by atoms with Crippen molar-refractivity contribution >= 4 is 11.5 Å². The Kier molecular flexibility index (Phi) is 5.85. The Morgan fingerprint density at radius 3 is 2.11 bits per heavy atom. The number of nitrogens with one attached hydrogen (secondary N) is 2. The Balaban J connectivity index is 1.58. The average Bonchev–Trinajstić information content (AvgIpc) is 3.11. The predicted octanol–water partition coefficient (Wildman–Crippen LogP) is 4.67. The third kappa shape index (κ3) is 4.23. The minimum Gasteiger partial charge on any atom is -0.317 e. The number of hydrogen-bond acceptors (Lipinski definition) is 3. The van der Waals surface area contributed by atoms with Gasteiger partial charge in [-0.25, -0.2) is 0 Å². The molecule has 4 rings (SSSR count). The minimum absolute atomic E-state index is 0.119. The molecule has 0 radical (unpaired) electrons. The van der Waals surface area contributed by atoms with Crippen molar-refractivity contribution in [3.05, 3.63) is 92.6 Å². The largest absolute Gasteiger partial charge is 0.317 e. The summed E-state index contributed by atoms with van der Waals surface area (Å²) >= 11 is 1.56. The van der Waals surface area contributed by atoms with Crippen LogP contribution in [0.2, 0.25) is 0 Å². The Morgan fingerprint density at radius 2 is 1.52 bits per heavy atom. The molecule has 1 aliphatic heterocycles. The van der Waals surface area contributed by atoms with E-state index in [9.17, 15) is 4.79 Å². The van der Waals surface area contributed by atoms with E-state index in [-0.39, 0.29) is 5.56 Å². The van der Waals surface area contributed by atoms with E-state index >= 15 is 0 Å². The molecule has 3 aromatic rings. The highest BCUT2D eigenvalue weighted by Crippen LogP contribution is 2.33. The molecule has 4 heteroatoms. The summed E-state index contributed by atoms with van der Waals surface area (Å²) in [6.45, 7) is 2.10. The standard InChI is InChI=1S/C23H26N2OS/c26-23-21(22(27-25-23)19-13-15-24-16-14-19)12-11-20(17-7-3-1-4-8-17)18-9-5-2-6-10-18/h1-10,19-20,24H,11-16H2,(H,25,26). The van der Waals surface area contributed by atoms with Gasteiger partial charge in [0.1, 0.15) is 0 Å². The van der Waals surface area contributed by atoms with Gasteiger partial charge in [-0.2, -0.15) is 0 Å². The summed E-state index contributed by atoms with van der Waals surface area (Å²) in [5.41, 5.74) is 3.77. The van der Waals surface area contributed by atoms with E-state index in [1.807, 2.05) is 0 Å². The first-order chi connectivity index (χ1) is 13.3. The van der Waals surface area contributed by atoms with Gasteiger partial charge in [-0.15, -0.1) is 0 Å². The summed E-state index contributed by atoms with van der Waals surface area (Å²) in [6.07, 6.45) is 4.03. The molecule has 2 heterocycles.